The molecule has 1 unspecified atom stereocenters. The summed E-state index contributed by atoms with van der Waals surface area (Å²) in [4.78, 5) is 15.9. The van der Waals surface area contributed by atoms with Gasteiger partial charge in [-0.05, 0) is 31.9 Å². The summed E-state index contributed by atoms with van der Waals surface area (Å²) < 4.78 is 0. The highest BCUT2D eigenvalue weighted by molar-refractivity contribution is 5.98. The number of rotatable bonds is 6. The summed E-state index contributed by atoms with van der Waals surface area (Å²) in [5.74, 6) is 0.468. The summed E-state index contributed by atoms with van der Waals surface area (Å²) in [5, 5.41) is 25.0. The van der Waals surface area contributed by atoms with Gasteiger partial charge < -0.3 is 26.6 Å². The maximum absolute atomic E-state index is 11.5. The molecule has 1 fully saturated rings. The molecule has 25 heavy (non-hydrogen) atoms. The SMILES string of the molecule is CC(=O)c1cccc(NC(=NCC(O)CO)N[C@H]2CCCC[C@@H]2N)c1. The van der Waals surface area contributed by atoms with Gasteiger partial charge in [0.15, 0.2) is 11.7 Å². The average molecular weight is 348 g/mol. The van der Waals surface area contributed by atoms with E-state index in [4.69, 9.17) is 10.8 Å². The first-order chi connectivity index (χ1) is 12.0. The van der Waals surface area contributed by atoms with Gasteiger partial charge in [0.05, 0.1) is 19.3 Å². The Kier molecular flexibility index (Phi) is 7.36. The molecule has 1 saturated carbocycles. The number of ketones is 1. The van der Waals surface area contributed by atoms with E-state index in [1.165, 1.54) is 6.92 Å². The highest BCUT2D eigenvalue weighted by Gasteiger charge is 2.22. The third-order valence-corrected chi connectivity index (χ3v) is 4.34. The minimum Gasteiger partial charge on any atom is -0.394 e. The maximum atomic E-state index is 11.5. The number of nitrogens with zero attached hydrogens (tertiary/aromatic N) is 1. The Hall–Kier alpha value is -1.96. The summed E-state index contributed by atoms with van der Waals surface area (Å²) >= 11 is 0. The molecule has 2 rings (SSSR count). The second-order valence-electron chi connectivity index (χ2n) is 6.49. The van der Waals surface area contributed by atoms with Crippen LogP contribution in [-0.2, 0) is 0 Å². The lowest BCUT2D eigenvalue weighted by Crippen LogP contribution is -2.51. The van der Waals surface area contributed by atoms with Gasteiger partial charge in [-0.3, -0.25) is 9.79 Å². The molecular formula is C18H28N4O3. The molecule has 1 aromatic rings. The number of anilines is 1. The van der Waals surface area contributed by atoms with Gasteiger partial charge in [-0.2, -0.15) is 0 Å². The first-order valence-corrected chi connectivity index (χ1v) is 8.73. The summed E-state index contributed by atoms with van der Waals surface area (Å²) in [7, 11) is 0. The number of nitrogens with one attached hydrogen (secondary N) is 2. The molecule has 7 heteroatoms. The highest BCUT2D eigenvalue weighted by Crippen LogP contribution is 2.17. The van der Waals surface area contributed by atoms with Gasteiger partial charge in [-0.1, -0.05) is 25.0 Å². The topological polar surface area (TPSA) is 120 Å². The Balaban J connectivity index is 2.13. The third-order valence-electron chi connectivity index (χ3n) is 4.34. The van der Waals surface area contributed by atoms with Crippen molar-refractivity contribution in [2.75, 3.05) is 18.5 Å². The number of aliphatic hydroxyl groups excluding tert-OH is 2. The smallest absolute Gasteiger partial charge is 0.196 e. The molecule has 1 aromatic carbocycles. The molecule has 0 spiro atoms. The van der Waals surface area contributed by atoms with Crippen molar-refractivity contribution < 1.29 is 15.0 Å². The van der Waals surface area contributed by atoms with Crippen LogP contribution in [0.25, 0.3) is 0 Å². The number of nitrogens with two attached hydrogens (primary N) is 1. The van der Waals surface area contributed by atoms with Crippen molar-refractivity contribution in [2.45, 2.75) is 50.8 Å². The monoisotopic (exact) mass is 348 g/mol. The van der Waals surface area contributed by atoms with Crippen LogP contribution >= 0.6 is 0 Å². The molecular weight excluding hydrogens is 320 g/mol. The van der Waals surface area contributed by atoms with E-state index in [0.29, 0.717) is 11.5 Å². The van der Waals surface area contributed by atoms with Crippen LogP contribution in [0.1, 0.15) is 43.0 Å². The molecule has 0 saturated heterocycles. The minimum absolute atomic E-state index is 0.0138. The van der Waals surface area contributed by atoms with Gasteiger partial charge in [-0.25, -0.2) is 0 Å². The van der Waals surface area contributed by atoms with E-state index in [9.17, 15) is 9.90 Å². The van der Waals surface area contributed by atoms with Gasteiger partial charge in [0.25, 0.3) is 0 Å². The highest BCUT2D eigenvalue weighted by atomic mass is 16.3. The molecule has 0 aromatic heterocycles. The zero-order valence-electron chi connectivity index (χ0n) is 14.6. The molecule has 1 aliphatic carbocycles. The van der Waals surface area contributed by atoms with Crippen LogP contribution < -0.4 is 16.4 Å². The molecule has 1 aliphatic rings. The van der Waals surface area contributed by atoms with E-state index in [1.54, 1.807) is 18.2 Å². The molecule has 0 bridgehead atoms. The fourth-order valence-electron chi connectivity index (χ4n) is 2.84. The Labute approximate surface area is 148 Å². The van der Waals surface area contributed by atoms with Gasteiger partial charge in [0.1, 0.15) is 0 Å². The van der Waals surface area contributed by atoms with Crippen molar-refractivity contribution in [2.24, 2.45) is 10.7 Å². The predicted molar refractivity (Wildman–Crippen MR) is 98.8 cm³/mol. The average Bonchev–Trinajstić information content (AvgIpc) is 2.61. The number of aliphatic imine (C=N–C) groups is 1. The number of hydrogen-bond acceptors (Lipinski definition) is 5. The number of aliphatic hydroxyl groups is 2. The molecule has 0 aliphatic heterocycles. The van der Waals surface area contributed by atoms with Crippen molar-refractivity contribution in [3.63, 3.8) is 0 Å². The summed E-state index contributed by atoms with van der Waals surface area (Å²) in [6, 6.07) is 7.29. The fraction of sp³-hybridized carbons (Fsp3) is 0.556. The number of carbonyl (C=O) groups excluding carboxylic acids is 1. The van der Waals surface area contributed by atoms with Crippen LogP contribution in [-0.4, -0.2) is 53.3 Å². The van der Waals surface area contributed by atoms with Gasteiger partial charge in [0.2, 0.25) is 0 Å². The first kappa shape index (κ1) is 19.4. The molecule has 3 atom stereocenters. The Morgan fingerprint density at radius 2 is 2.16 bits per heavy atom. The van der Waals surface area contributed by atoms with E-state index < -0.39 is 6.10 Å². The maximum Gasteiger partial charge on any atom is 0.196 e. The van der Waals surface area contributed by atoms with Crippen LogP contribution in [0.15, 0.2) is 29.3 Å². The largest absolute Gasteiger partial charge is 0.394 e. The van der Waals surface area contributed by atoms with Crippen LogP contribution in [0, 0.1) is 0 Å². The van der Waals surface area contributed by atoms with Gasteiger partial charge in [-0.15, -0.1) is 0 Å². The van der Waals surface area contributed by atoms with Crippen molar-refractivity contribution in [1.82, 2.24) is 5.32 Å². The number of hydrogen-bond donors (Lipinski definition) is 5. The molecule has 6 N–H and O–H groups in total. The second-order valence-corrected chi connectivity index (χ2v) is 6.49. The number of guanidine groups is 1. The fourth-order valence-corrected chi connectivity index (χ4v) is 2.84. The van der Waals surface area contributed by atoms with E-state index >= 15 is 0 Å². The van der Waals surface area contributed by atoms with Gasteiger partial charge >= 0.3 is 0 Å². The van der Waals surface area contributed by atoms with Crippen molar-refractivity contribution in [3.8, 4) is 0 Å². The molecule has 0 heterocycles. The minimum atomic E-state index is -0.915. The number of carbonyl (C=O) groups is 1. The molecule has 0 amide bonds. The lowest BCUT2D eigenvalue weighted by molar-refractivity contribution is 0.101. The Bertz CT molecular complexity index is 606. The van der Waals surface area contributed by atoms with Crippen molar-refractivity contribution >= 4 is 17.4 Å². The molecule has 7 nitrogen and oxygen atoms in total. The normalized spacial score (nSPS) is 22.3. The summed E-state index contributed by atoms with van der Waals surface area (Å²) in [6.45, 7) is 1.24. The predicted octanol–water partition coefficient (Wildman–Crippen LogP) is 0.870. The zero-order valence-corrected chi connectivity index (χ0v) is 14.6. The van der Waals surface area contributed by atoms with Crippen LogP contribution in [0.5, 0.6) is 0 Å². The molecule has 138 valence electrons. The van der Waals surface area contributed by atoms with E-state index in [1.807, 2.05) is 6.07 Å². The lowest BCUT2D eigenvalue weighted by atomic mass is 9.91. The van der Waals surface area contributed by atoms with Crippen molar-refractivity contribution in [1.29, 1.82) is 0 Å². The standard InChI is InChI=1S/C18H28N4O3/c1-12(24)13-5-4-6-14(9-13)21-18(20-10-15(25)11-23)22-17-8-3-2-7-16(17)19/h4-6,9,15-17,23,25H,2-3,7-8,10-11,19H2,1H3,(H2,20,21,22)/t15?,16-,17-/m0/s1. The van der Waals surface area contributed by atoms with Gasteiger partial charge in [0, 0.05) is 23.3 Å². The summed E-state index contributed by atoms with van der Waals surface area (Å²) in [6.07, 6.45) is 3.24. The van der Waals surface area contributed by atoms with Crippen LogP contribution in [0.3, 0.4) is 0 Å². The van der Waals surface area contributed by atoms with Crippen LogP contribution in [0.4, 0.5) is 5.69 Å². The third kappa shape index (κ3) is 6.12. The Morgan fingerprint density at radius 3 is 2.84 bits per heavy atom. The van der Waals surface area contributed by atoms with E-state index in [2.05, 4.69) is 15.6 Å². The molecule has 0 radical (unpaired) electrons. The van der Waals surface area contributed by atoms with Crippen LogP contribution in [0.2, 0.25) is 0 Å². The van der Waals surface area contributed by atoms with E-state index in [0.717, 1.165) is 31.4 Å². The number of Topliss-reactive ketones (excluding diaryl/α,β-unsaturated/α-hetero) is 1. The van der Waals surface area contributed by atoms with E-state index in [-0.39, 0.29) is 31.0 Å². The second kappa shape index (κ2) is 9.50. The zero-order chi connectivity index (χ0) is 18.2. The van der Waals surface area contributed by atoms with Crippen molar-refractivity contribution in [3.05, 3.63) is 29.8 Å². The first-order valence-electron chi connectivity index (χ1n) is 8.73. The Morgan fingerprint density at radius 1 is 1.40 bits per heavy atom. The number of benzene rings is 1. The lowest BCUT2D eigenvalue weighted by Gasteiger charge is -2.30. The quantitative estimate of drug-likeness (QED) is 0.296. The summed E-state index contributed by atoms with van der Waals surface area (Å²) in [5.41, 5.74) is 7.52.